The molecule has 0 saturated heterocycles. The molecule has 1 heterocycles. The first kappa shape index (κ1) is 13.9. The van der Waals surface area contributed by atoms with Gasteiger partial charge in [-0.15, -0.1) is 0 Å². The molecule has 1 atom stereocenters. The van der Waals surface area contributed by atoms with Crippen molar-refractivity contribution in [2.45, 2.75) is 19.9 Å². The minimum Gasteiger partial charge on any atom is -0.467 e. The summed E-state index contributed by atoms with van der Waals surface area (Å²) in [5.41, 5.74) is -0.174. The van der Waals surface area contributed by atoms with Crippen molar-refractivity contribution in [3.8, 4) is 0 Å². The number of hydrogen-bond donors (Lipinski definition) is 1. The molecule has 1 unspecified atom stereocenters. The quantitative estimate of drug-likeness (QED) is 0.486. The summed E-state index contributed by atoms with van der Waals surface area (Å²) >= 11 is 0. The second kappa shape index (κ2) is 5.95. The Kier molecular flexibility index (Phi) is 4.59. The van der Waals surface area contributed by atoms with Gasteiger partial charge in [-0.25, -0.2) is 9.78 Å². The zero-order valence-corrected chi connectivity index (χ0v) is 10.4. The van der Waals surface area contributed by atoms with E-state index in [1.807, 2.05) is 13.8 Å². The van der Waals surface area contributed by atoms with Crippen LogP contribution in [0.25, 0.3) is 0 Å². The zero-order chi connectivity index (χ0) is 13.7. The molecule has 1 aromatic rings. The van der Waals surface area contributed by atoms with Crippen molar-refractivity contribution in [1.82, 2.24) is 4.98 Å². The van der Waals surface area contributed by atoms with Crippen molar-refractivity contribution in [2.75, 3.05) is 12.4 Å². The van der Waals surface area contributed by atoms with Gasteiger partial charge in [0.2, 0.25) is 5.82 Å². The maximum absolute atomic E-state index is 11.6. The van der Waals surface area contributed by atoms with E-state index in [0.717, 1.165) is 0 Å². The molecule has 0 fully saturated rings. The predicted octanol–water partition coefficient (Wildman–Crippen LogP) is 1.60. The second-order valence-electron chi connectivity index (χ2n) is 4.02. The summed E-state index contributed by atoms with van der Waals surface area (Å²) < 4.78 is 4.65. The van der Waals surface area contributed by atoms with E-state index in [9.17, 15) is 14.9 Å². The Balaban J connectivity index is 3.01. The third-order valence-electron chi connectivity index (χ3n) is 2.40. The molecule has 1 aromatic heterocycles. The van der Waals surface area contributed by atoms with Crippen LogP contribution in [0.5, 0.6) is 0 Å². The number of rotatable bonds is 5. The first-order valence-electron chi connectivity index (χ1n) is 5.41. The molecule has 0 spiro atoms. The minimum absolute atomic E-state index is 0.0617. The van der Waals surface area contributed by atoms with Crippen LogP contribution in [0, 0.1) is 16.0 Å². The van der Waals surface area contributed by atoms with Crippen molar-refractivity contribution in [1.29, 1.82) is 0 Å². The van der Waals surface area contributed by atoms with Crippen LogP contribution < -0.4 is 5.32 Å². The Morgan fingerprint density at radius 1 is 1.56 bits per heavy atom. The lowest BCUT2D eigenvalue weighted by Gasteiger charge is -2.19. The molecule has 7 heteroatoms. The number of hydrogen-bond acceptors (Lipinski definition) is 6. The summed E-state index contributed by atoms with van der Waals surface area (Å²) in [6, 6.07) is 2.11. The van der Waals surface area contributed by atoms with Crippen molar-refractivity contribution in [2.24, 2.45) is 5.92 Å². The van der Waals surface area contributed by atoms with Crippen molar-refractivity contribution in [3.63, 3.8) is 0 Å². The second-order valence-corrected chi connectivity index (χ2v) is 4.02. The van der Waals surface area contributed by atoms with Gasteiger partial charge in [0.1, 0.15) is 6.04 Å². The SMILES string of the molecule is COC(=O)C(Nc1ncccc1[N+](=O)[O-])C(C)C. The van der Waals surface area contributed by atoms with Crippen molar-refractivity contribution >= 4 is 17.5 Å². The monoisotopic (exact) mass is 253 g/mol. The Labute approximate surface area is 104 Å². The van der Waals surface area contributed by atoms with Gasteiger partial charge >= 0.3 is 11.7 Å². The molecule has 0 aliphatic rings. The number of methoxy groups -OCH3 is 1. The van der Waals surface area contributed by atoms with Crippen molar-refractivity contribution in [3.05, 3.63) is 28.4 Å². The summed E-state index contributed by atoms with van der Waals surface area (Å²) in [4.78, 5) is 25.7. The summed E-state index contributed by atoms with van der Waals surface area (Å²) in [7, 11) is 1.27. The van der Waals surface area contributed by atoms with Crippen LogP contribution in [-0.2, 0) is 9.53 Å². The standard InChI is InChI=1S/C11H15N3O4/c1-7(2)9(11(15)18-3)13-10-8(14(16)17)5-4-6-12-10/h4-7,9H,1-3H3,(H,12,13). The summed E-state index contributed by atoms with van der Waals surface area (Å²) in [6.45, 7) is 3.62. The molecule has 98 valence electrons. The molecule has 0 amide bonds. The highest BCUT2D eigenvalue weighted by molar-refractivity contribution is 5.80. The van der Waals surface area contributed by atoms with E-state index in [0.29, 0.717) is 0 Å². The molecular weight excluding hydrogens is 238 g/mol. The highest BCUT2D eigenvalue weighted by atomic mass is 16.6. The molecule has 0 aromatic carbocycles. The number of carbonyl (C=O) groups excluding carboxylic acids is 1. The van der Waals surface area contributed by atoms with E-state index < -0.39 is 16.9 Å². The van der Waals surface area contributed by atoms with Gasteiger partial charge in [-0.05, 0) is 12.0 Å². The normalized spacial score (nSPS) is 12.0. The van der Waals surface area contributed by atoms with E-state index in [4.69, 9.17) is 0 Å². The van der Waals surface area contributed by atoms with Gasteiger partial charge in [-0.1, -0.05) is 13.8 Å². The highest BCUT2D eigenvalue weighted by Crippen LogP contribution is 2.22. The molecule has 1 N–H and O–H groups in total. The van der Waals surface area contributed by atoms with Gasteiger partial charge in [0.25, 0.3) is 0 Å². The fourth-order valence-electron chi connectivity index (χ4n) is 1.43. The van der Waals surface area contributed by atoms with Crippen LogP contribution in [0.3, 0.4) is 0 Å². The number of carbonyl (C=O) groups is 1. The van der Waals surface area contributed by atoms with Gasteiger partial charge in [0.15, 0.2) is 0 Å². The first-order chi connectivity index (χ1) is 8.47. The van der Waals surface area contributed by atoms with E-state index >= 15 is 0 Å². The number of anilines is 1. The minimum atomic E-state index is -0.677. The van der Waals surface area contributed by atoms with Crippen LogP contribution in [0.2, 0.25) is 0 Å². The lowest BCUT2D eigenvalue weighted by molar-refractivity contribution is -0.384. The Morgan fingerprint density at radius 3 is 2.72 bits per heavy atom. The van der Waals surface area contributed by atoms with Gasteiger partial charge in [0.05, 0.1) is 12.0 Å². The third-order valence-corrected chi connectivity index (χ3v) is 2.40. The van der Waals surface area contributed by atoms with Gasteiger partial charge in [-0.2, -0.15) is 0 Å². The fourth-order valence-corrected chi connectivity index (χ4v) is 1.43. The lowest BCUT2D eigenvalue weighted by Crippen LogP contribution is -2.36. The van der Waals surface area contributed by atoms with Gasteiger partial charge in [-0.3, -0.25) is 10.1 Å². The number of nitrogens with one attached hydrogen (secondary N) is 1. The molecule has 0 saturated carbocycles. The van der Waals surface area contributed by atoms with E-state index in [2.05, 4.69) is 15.0 Å². The zero-order valence-electron chi connectivity index (χ0n) is 10.4. The number of nitrogens with zero attached hydrogens (tertiary/aromatic N) is 2. The summed E-state index contributed by atoms with van der Waals surface area (Å²) in [6.07, 6.45) is 1.42. The molecule has 0 radical (unpaired) electrons. The number of pyridine rings is 1. The van der Waals surface area contributed by atoms with Crippen LogP contribution in [-0.4, -0.2) is 29.0 Å². The average Bonchev–Trinajstić information content (AvgIpc) is 2.34. The predicted molar refractivity (Wildman–Crippen MR) is 65.2 cm³/mol. The van der Waals surface area contributed by atoms with Crippen LogP contribution in [0.4, 0.5) is 11.5 Å². The molecule has 0 bridgehead atoms. The largest absolute Gasteiger partial charge is 0.467 e. The average molecular weight is 253 g/mol. The third kappa shape index (κ3) is 3.16. The topological polar surface area (TPSA) is 94.4 Å². The van der Waals surface area contributed by atoms with Crippen LogP contribution >= 0.6 is 0 Å². The summed E-state index contributed by atoms with van der Waals surface area (Å²) in [5, 5.41) is 13.6. The number of nitro groups is 1. The fraction of sp³-hybridized carbons (Fsp3) is 0.455. The number of ether oxygens (including phenoxy) is 1. The smallest absolute Gasteiger partial charge is 0.328 e. The van der Waals surface area contributed by atoms with E-state index in [-0.39, 0.29) is 17.4 Å². The van der Waals surface area contributed by atoms with Gasteiger partial charge in [0, 0.05) is 12.3 Å². The van der Waals surface area contributed by atoms with E-state index in [1.54, 1.807) is 0 Å². The van der Waals surface area contributed by atoms with Gasteiger partial charge < -0.3 is 10.1 Å². The molecule has 0 aliphatic carbocycles. The molecule has 0 aliphatic heterocycles. The Bertz CT molecular complexity index is 448. The Hall–Kier alpha value is -2.18. The van der Waals surface area contributed by atoms with Crippen molar-refractivity contribution < 1.29 is 14.5 Å². The molecule has 18 heavy (non-hydrogen) atoms. The molecule has 1 rings (SSSR count). The number of aromatic nitrogens is 1. The molecule has 7 nitrogen and oxygen atoms in total. The maximum atomic E-state index is 11.6. The van der Waals surface area contributed by atoms with Crippen LogP contribution in [0.15, 0.2) is 18.3 Å². The van der Waals surface area contributed by atoms with Crippen LogP contribution in [0.1, 0.15) is 13.8 Å². The summed E-state index contributed by atoms with van der Waals surface area (Å²) in [5.74, 6) is -0.504. The van der Waals surface area contributed by atoms with E-state index in [1.165, 1.54) is 25.4 Å². The Morgan fingerprint density at radius 2 is 2.22 bits per heavy atom. The lowest BCUT2D eigenvalue weighted by atomic mass is 10.0. The number of esters is 1. The maximum Gasteiger partial charge on any atom is 0.328 e. The first-order valence-corrected chi connectivity index (χ1v) is 5.41. The molecular formula is C11H15N3O4. The highest BCUT2D eigenvalue weighted by Gasteiger charge is 2.26.